The second kappa shape index (κ2) is 4.59. The number of hydrogen-bond donors (Lipinski definition) is 0. The summed E-state index contributed by atoms with van der Waals surface area (Å²) in [5, 5.41) is 10.6. The molecule has 1 amide bonds. The highest BCUT2D eigenvalue weighted by Gasteiger charge is 2.17. The summed E-state index contributed by atoms with van der Waals surface area (Å²) in [4.78, 5) is 23.4. The third kappa shape index (κ3) is 2.56. The fraction of sp³-hybridized carbons (Fsp3) is 0.273. The minimum atomic E-state index is -1.26. The van der Waals surface area contributed by atoms with Gasteiger partial charge in [-0.15, -0.1) is 0 Å². The zero-order valence-corrected chi connectivity index (χ0v) is 8.64. The number of carbonyl (C=O) groups is 2. The van der Waals surface area contributed by atoms with Gasteiger partial charge in [0.25, 0.3) is 5.91 Å². The Morgan fingerprint density at radius 3 is 2.27 bits per heavy atom. The van der Waals surface area contributed by atoms with Gasteiger partial charge in [0.1, 0.15) is 0 Å². The molecule has 0 saturated heterocycles. The van der Waals surface area contributed by atoms with Crippen LogP contribution in [0.3, 0.4) is 0 Å². The molecule has 1 atom stereocenters. The van der Waals surface area contributed by atoms with Gasteiger partial charge in [0.15, 0.2) is 0 Å². The fourth-order valence-corrected chi connectivity index (χ4v) is 1.12. The van der Waals surface area contributed by atoms with Crippen LogP contribution in [0.1, 0.15) is 17.3 Å². The monoisotopic (exact) mass is 206 g/mol. The predicted molar refractivity (Wildman–Crippen MR) is 53.0 cm³/mol. The standard InChI is InChI=1S/C11H13NO3/c1-8(11(14)15)12(2)10(13)9-6-4-3-5-7-9/h3-8H,1-2H3,(H,14,15)/p-1. The Bertz CT molecular complexity index is 361. The molecular weight excluding hydrogens is 194 g/mol. The molecule has 0 aliphatic carbocycles. The zero-order chi connectivity index (χ0) is 11.4. The molecule has 4 heteroatoms. The molecule has 0 N–H and O–H groups in total. The topological polar surface area (TPSA) is 60.4 Å². The van der Waals surface area contributed by atoms with E-state index in [9.17, 15) is 14.7 Å². The number of carbonyl (C=O) groups excluding carboxylic acids is 2. The van der Waals surface area contributed by atoms with Crippen LogP contribution in [-0.4, -0.2) is 29.9 Å². The van der Waals surface area contributed by atoms with E-state index in [0.29, 0.717) is 5.56 Å². The molecule has 1 aromatic carbocycles. The van der Waals surface area contributed by atoms with Gasteiger partial charge in [0, 0.05) is 12.6 Å². The third-order valence-electron chi connectivity index (χ3n) is 2.26. The summed E-state index contributed by atoms with van der Waals surface area (Å²) in [6.07, 6.45) is 0. The Balaban J connectivity index is 2.82. The molecule has 0 spiro atoms. The molecular formula is C11H12NO3-. The van der Waals surface area contributed by atoms with E-state index in [0.717, 1.165) is 4.90 Å². The molecule has 1 unspecified atom stereocenters. The SMILES string of the molecule is CC(C(=O)[O-])N(C)C(=O)c1ccccc1. The molecule has 80 valence electrons. The highest BCUT2D eigenvalue weighted by molar-refractivity contribution is 5.96. The highest BCUT2D eigenvalue weighted by Crippen LogP contribution is 2.05. The van der Waals surface area contributed by atoms with E-state index in [1.807, 2.05) is 0 Å². The quantitative estimate of drug-likeness (QED) is 0.693. The van der Waals surface area contributed by atoms with Gasteiger partial charge >= 0.3 is 0 Å². The first-order valence-electron chi connectivity index (χ1n) is 4.57. The number of carboxylic acids is 1. The van der Waals surface area contributed by atoms with Crippen molar-refractivity contribution in [2.24, 2.45) is 0 Å². The van der Waals surface area contributed by atoms with Crippen molar-refractivity contribution in [3.63, 3.8) is 0 Å². The lowest BCUT2D eigenvalue weighted by Gasteiger charge is -2.25. The van der Waals surface area contributed by atoms with Crippen LogP contribution >= 0.6 is 0 Å². The minimum absolute atomic E-state index is 0.327. The Hall–Kier alpha value is -1.84. The van der Waals surface area contributed by atoms with E-state index in [-0.39, 0.29) is 5.91 Å². The fourth-order valence-electron chi connectivity index (χ4n) is 1.12. The molecule has 0 fully saturated rings. The van der Waals surface area contributed by atoms with E-state index in [4.69, 9.17) is 0 Å². The molecule has 0 aromatic heterocycles. The van der Waals surface area contributed by atoms with Gasteiger partial charge in [-0.2, -0.15) is 0 Å². The average molecular weight is 206 g/mol. The normalized spacial score (nSPS) is 11.9. The van der Waals surface area contributed by atoms with Crippen LogP contribution in [0.5, 0.6) is 0 Å². The Kier molecular flexibility index (Phi) is 3.44. The summed E-state index contributed by atoms with van der Waals surface area (Å²) >= 11 is 0. The number of rotatable bonds is 3. The summed E-state index contributed by atoms with van der Waals surface area (Å²) in [7, 11) is 1.44. The molecule has 1 rings (SSSR count). The van der Waals surface area contributed by atoms with Gasteiger partial charge < -0.3 is 14.8 Å². The van der Waals surface area contributed by atoms with Crippen LogP contribution in [0.15, 0.2) is 30.3 Å². The second-order valence-corrected chi connectivity index (χ2v) is 3.28. The maximum Gasteiger partial charge on any atom is 0.254 e. The van der Waals surface area contributed by atoms with Crippen molar-refractivity contribution in [3.05, 3.63) is 35.9 Å². The van der Waals surface area contributed by atoms with Crippen LogP contribution in [0, 0.1) is 0 Å². The number of hydrogen-bond acceptors (Lipinski definition) is 3. The first kappa shape index (κ1) is 11.2. The average Bonchev–Trinajstić information content (AvgIpc) is 2.27. The van der Waals surface area contributed by atoms with E-state index in [1.165, 1.54) is 14.0 Å². The van der Waals surface area contributed by atoms with E-state index >= 15 is 0 Å². The van der Waals surface area contributed by atoms with Gasteiger partial charge in [-0.05, 0) is 19.1 Å². The van der Waals surface area contributed by atoms with Crippen molar-refractivity contribution >= 4 is 11.9 Å². The Labute approximate surface area is 88.1 Å². The van der Waals surface area contributed by atoms with Crippen LogP contribution in [-0.2, 0) is 4.79 Å². The van der Waals surface area contributed by atoms with Crippen LogP contribution in [0.2, 0.25) is 0 Å². The van der Waals surface area contributed by atoms with Crippen molar-refractivity contribution in [2.45, 2.75) is 13.0 Å². The summed E-state index contributed by atoms with van der Waals surface area (Å²) < 4.78 is 0. The van der Waals surface area contributed by atoms with Gasteiger partial charge in [-0.1, -0.05) is 18.2 Å². The maximum atomic E-state index is 11.7. The largest absolute Gasteiger partial charge is 0.548 e. The molecule has 0 bridgehead atoms. The van der Waals surface area contributed by atoms with Crippen LogP contribution in [0.4, 0.5) is 0 Å². The van der Waals surface area contributed by atoms with E-state index < -0.39 is 12.0 Å². The Morgan fingerprint density at radius 2 is 1.80 bits per heavy atom. The van der Waals surface area contributed by atoms with Crippen LogP contribution in [0.25, 0.3) is 0 Å². The number of benzene rings is 1. The zero-order valence-electron chi connectivity index (χ0n) is 8.64. The molecule has 1 aromatic rings. The summed E-state index contributed by atoms with van der Waals surface area (Å²) in [5.74, 6) is -1.59. The molecule has 0 aliphatic rings. The minimum Gasteiger partial charge on any atom is -0.548 e. The third-order valence-corrected chi connectivity index (χ3v) is 2.26. The molecule has 0 heterocycles. The lowest BCUT2D eigenvalue weighted by Crippen LogP contribution is -2.46. The number of nitrogens with zero attached hydrogens (tertiary/aromatic N) is 1. The van der Waals surface area contributed by atoms with Crippen LogP contribution < -0.4 is 5.11 Å². The van der Waals surface area contributed by atoms with Gasteiger partial charge in [-0.25, -0.2) is 0 Å². The Morgan fingerprint density at radius 1 is 1.27 bits per heavy atom. The van der Waals surface area contributed by atoms with Gasteiger partial charge in [-0.3, -0.25) is 4.79 Å². The first-order chi connectivity index (χ1) is 7.04. The van der Waals surface area contributed by atoms with Gasteiger partial charge in [0.2, 0.25) is 0 Å². The van der Waals surface area contributed by atoms with E-state index in [1.54, 1.807) is 30.3 Å². The predicted octanol–water partition coefficient (Wildman–Crippen LogP) is -0.103. The molecule has 0 aliphatic heterocycles. The maximum absolute atomic E-state index is 11.7. The number of aliphatic carboxylic acids is 1. The molecule has 0 saturated carbocycles. The van der Waals surface area contributed by atoms with Crippen molar-refractivity contribution < 1.29 is 14.7 Å². The lowest BCUT2D eigenvalue weighted by atomic mass is 10.2. The number of likely N-dealkylation sites (N-methyl/N-ethyl adjacent to an activating group) is 1. The highest BCUT2D eigenvalue weighted by atomic mass is 16.4. The summed E-state index contributed by atoms with van der Waals surface area (Å²) in [6.45, 7) is 1.41. The van der Waals surface area contributed by atoms with Crippen molar-refractivity contribution in [1.29, 1.82) is 0 Å². The van der Waals surface area contributed by atoms with E-state index in [2.05, 4.69) is 0 Å². The van der Waals surface area contributed by atoms with Gasteiger partial charge in [0.05, 0.1) is 12.0 Å². The summed E-state index contributed by atoms with van der Waals surface area (Å²) in [5.41, 5.74) is 0.466. The summed E-state index contributed by atoms with van der Waals surface area (Å²) in [6, 6.07) is 7.59. The molecule has 15 heavy (non-hydrogen) atoms. The lowest BCUT2D eigenvalue weighted by molar-refractivity contribution is -0.310. The second-order valence-electron chi connectivity index (χ2n) is 3.28. The molecule has 4 nitrogen and oxygen atoms in total. The molecule has 0 radical (unpaired) electrons. The van der Waals surface area contributed by atoms with Crippen molar-refractivity contribution in [1.82, 2.24) is 4.90 Å². The van der Waals surface area contributed by atoms with Crippen molar-refractivity contribution in [2.75, 3.05) is 7.05 Å². The van der Waals surface area contributed by atoms with Crippen molar-refractivity contribution in [3.8, 4) is 0 Å². The smallest absolute Gasteiger partial charge is 0.254 e. The number of carboxylic acid groups (broad SMARTS) is 1. The number of amides is 1. The first-order valence-corrected chi connectivity index (χ1v) is 4.57.